The Morgan fingerprint density at radius 1 is 1.39 bits per heavy atom. The van der Waals surface area contributed by atoms with E-state index in [1.807, 2.05) is 0 Å². The third-order valence-corrected chi connectivity index (χ3v) is 4.01. The maximum Gasteiger partial charge on any atom is 0.239 e. The van der Waals surface area contributed by atoms with Gasteiger partial charge in [0.1, 0.15) is 5.82 Å². The average Bonchev–Trinajstić information content (AvgIpc) is 2.89. The van der Waals surface area contributed by atoms with Crippen molar-refractivity contribution in [3.63, 3.8) is 0 Å². The van der Waals surface area contributed by atoms with Crippen LogP contribution in [0.5, 0.6) is 0 Å². The van der Waals surface area contributed by atoms with Crippen LogP contribution in [0.3, 0.4) is 0 Å². The third kappa shape index (κ3) is 3.81. The van der Waals surface area contributed by atoms with Crippen LogP contribution in [-0.2, 0) is 0 Å². The Hall–Kier alpha value is -0.880. The molecule has 6 heteroatoms. The van der Waals surface area contributed by atoms with Gasteiger partial charge >= 0.3 is 0 Å². The van der Waals surface area contributed by atoms with Crippen molar-refractivity contribution in [1.82, 2.24) is 9.97 Å². The lowest BCUT2D eigenvalue weighted by Crippen LogP contribution is -2.12. The van der Waals surface area contributed by atoms with Crippen molar-refractivity contribution in [3.8, 4) is 0 Å². The second-order valence-electron chi connectivity index (χ2n) is 4.75. The van der Waals surface area contributed by atoms with Gasteiger partial charge in [0.05, 0.1) is 4.47 Å². The van der Waals surface area contributed by atoms with E-state index in [1.165, 1.54) is 38.5 Å². The summed E-state index contributed by atoms with van der Waals surface area (Å²) in [5, 5.41) is 3.32. The van der Waals surface area contributed by atoms with E-state index in [-0.39, 0.29) is 0 Å². The Balaban J connectivity index is 1.75. The van der Waals surface area contributed by atoms with Crippen LogP contribution in [-0.4, -0.2) is 16.5 Å². The first kappa shape index (κ1) is 13.5. The summed E-state index contributed by atoms with van der Waals surface area (Å²) in [7, 11) is 0. The smallest absolute Gasteiger partial charge is 0.239 e. The molecule has 2 rings (SSSR count). The quantitative estimate of drug-likeness (QED) is 0.428. The molecule has 1 aliphatic carbocycles. The minimum Gasteiger partial charge on any atom is -0.369 e. The van der Waals surface area contributed by atoms with Crippen molar-refractivity contribution in [2.24, 2.45) is 11.8 Å². The van der Waals surface area contributed by atoms with Crippen LogP contribution < -0.4 is 16.6 Å². The van der Waals surface area contributed by atoms with Gasteiger partial charge in [-0.1, -0.05) is 25.7 Å². The molecule has 1 heterocycles. The number of halogens is 1. The summed E-state index contributed by atoms with van der Waals surface area (Å²) in [6.07, 6.45) is 9.87. The zero-order valence-corrected chi connectivity index (χ0v) is 12.0. The lowest BCUT2D eigenvalue weighted by atomic mass is 10.0. The Labute approximate surface area is 116 Å². The van der Waals surface area contributed by atoms with E-state index < -0.39 is 0 Å². The van der Waals surface area contributed by atoms with Gasteiger partial charge in [0.15, 0.2) is 0 Å². The van der Waals surface area contributed by atoms with Crippen molar-refractivity contribution in [2.45, 2.75) is 38.5 Å². The molecule has 0 atom stereocenters. The molecule has 0 amide bonds. The minimum atomic E-state index is 0.427. The lowest BCUT2D eigenvalue weighted by molar-refractivity contribution is 0.491. The number of hydrogen-bond donors (Lipinski definition) is 3. The Kier molecular flexibility index (Phi) is 5.19. The topological polar surface area (TPSA) is 75.9 Å². The first-order valence-corrected chi connectivity index (χ1v) is 7.32. The van der Waals surface area contributed by atoms with E-state index in [0.29, 0.717) is 5.95 Å². The van der Waals surface area contributed by atoms with Gasteiger partial charge in [-0.2, -0.15) is 4.98 Å². The molecule has 0 spiro atoms. The molecule has 0 saturated heterocycles. The minimum absolute atomic E-state index is 0.427. The number of hydrazine groups is 1. The lowest BCUT2D eigenvalue weighted by Gasteiger charge is -2.11. The van der Waals surface area contributed by atoms with E-state index in [0.717, 1.165) is 22.8 Å². The van der Waals surface area contributed by atoms with Crippen LogP contribution in [0.25, 0.3) is 0 Å². The molecule has 4 N–H and O–H groups in total. The Morgan fingerprint density at radius 2 is 2.17 bits per heavy atom. The van der Waals surface area contributed by atoms with Crippen molar-refractivity contribution >= 4 is 27.7 Å². The van der Waals surface area contributed by atoms with Gasteiger partial charge in [0.25, 0.3) is 0 Å². The number of rotatable bonds is 6. The van der Waals surface area contributed by atoms with Crippen molar-refractivity contribution in [2.75, 3.05) is 17.3 Å². The number of nitrogens with zero attached hydrogens (tertiary/aromatic N) is 2. The molecule has 1 aromatic rings. The van der Waals surface area contributed by atoms with E-state index in [2.05, 4.69) is 36.6 Å². The number of nitrogen functional groups attached to an aromatic ring is 1. The van der Waals surface area contributed by atoms with Gasteiger partial charge in [0, 0.05) is 12.7 Å². The fourth-order valence-electron chi connectivity index (χ4n) is 2.46. The first-order valence-electron chi connectivity index (χ1n) is 6.52. The number of anilines is 2. The predicted molar refractivity (Wildman–Crippen MR) is 77.2 cm³/mol. The second kappa shape index (κ2) is 6.89. The summed E-state index contributed by atoms with van der Waals surface area (Å²) in [5.41, 5.74) is 2.45. The van der Waals surface area contributed by atoms with Gasteiger partial charge in [0.2, 0.25) is 5.95 Å². The highest BCUT2D eigenvalue weighted by Crippen LogP contribution is 2.28. The molecule has 5 nitrogen and oxygen atoms in total. The summed E-state index contributed by atoms with van der Waals surface area (Å²) in [4.78, 5) is 8.27. The maximum atomic E-state index is 5.29. The molecule has 18 heavy (non-hydrogen) atoms. The highest BCUT2D eigenvalue weighted by Gasteiger charge is 2.14. The first-order chi connectivity index (χ1) is 8.79. The molecule has 1 saturated carbocycles. The largest absolute Gasteiger partial charge is 0.369 e. The number of nitrogens with two attached hydrogens (primary N) is 1. The van der Waals surface area contributed by atoms with Gasteiger partial charge in [-0.3, -0.25) is 5.43 Å². The maximum absolute atomic E-state index is 5.29. The summed E-state index contributed by atoms with van der Waals surface area (Å²) >= 11 is 3.42. The van der Waals surface area contributed by atoms with Crippen LogP contribution in [0.15, 0.2) is 10.7 Å². The second-order valence-corrected chi connectivity index (χ2v) is 5.61. The van der Waals surface area contributed by atoms with E-state index in [9.17, 15) is 0 Å². The molecular formula is C12H20BrN5. The fourth-order valence-corrected chi connectivity index (χ4v) is 2.79. The molecular weight excluding hydrogens is 294 g/mol. The van der Waals surface area contributed by atoms with Crippen LogP contribution in [0, 0.1) is 5.92 Å². The number of hydrogen-bond acceptors (Lipinski definition) is 5. The Bertz CT molecular complexity index is 379. The van der Waals surface area contributed by atoms with E-state index >= 15 is 0 Å². The SMILES string of the molecule is NNc1ncc(Br)c(NCCCC2CCCC2)n1. The predicted octanol–water partition coefficient (Wildman–Crippen LogP) is 2.91. The molecule has 0 bridgehead atoms. The normalized spacial score (nSPS) is 15.9. The Morgan fingerprint density at radius 3 is 2.89 bits per heavy atom. The zero-order valence-electron chi connectivity index (χ0n) is 10.5. The van der Waals surface area contributed by atoms with E-state index in [4.69, 9.17) is 5.84 Å². The summed E-state index contributed by atoms with van der Waals surface area (Å²) in [6.45, 7) is 0.941. The van der Waals surface area contributed by atoms with Gasteiger partial charge in [-0.25, -0.2) is 10.8 Å². The van der Waals surface area contributed by atoms with Crippen molar-refractivity contribution in [3.05, 3.63) is 10.7 Å². The number of nitrogens with one attached hydrogen (secondary N) is 2. The highest BCUT2D eigenvalue weighted by molar-refractivity contribution is 9.10. The average molecular weight is 314 g/mol. The van der Waals surface area contributed by atoms with Crippen LogP contribution in [0.1, 0.15) is 38.5 Å². The molecule has 0 unspecified atom stereocenters. The van der Waals surface area contributed by atoms with Gasteiger partial charge < -0.3 is 5.32 Å². The summed E-state index contributed by atoms with van der Waals surface area (Å²) in [6, 6.07) is 0. The fraction of sp³-hybridized carbons (Fsp3) is 0.667. The highest BCUT2D eigenvalue weighted by atomic mass is 79.9. The van der Waals surface area contributed by atoms with Crippen LogP contribution >= 0.6 is 15.9 Å². The van der Waals surface area contributed by atoms with Gasteiger partial charge in [-0.05, 0) is 34.7 Å². The molecule has 0 aliphatic heterocycles. The standard InChI is InChI=1S/C12H20BrN5/c13-10-8-16-12(18-14)17-11(10)15-7-3-6-9-4-1-2-5-9/h8-9H,1-7,14H2,(H2,15,16,17,18). The van der Waals surface area contributed by atoms with Crippen LogP contribution in [0.4, 0.5) is 11.8 Å². The molecule has 1 aliphatic rings. The number of aromatic nitrogens is 2. The van der Waals surface area contributed by atoms with Crippen molar-refractivity contribution < 1.29 is 0 Å². The van der Waals surface area contributed by atoms with Gasteiger partial charge in [-0.15, -0.1) is 0 Å². The molecule has 0 radical (unpaired) electrons. The molecule has 1 aromatic heterocycles. The molecule has 0 aromatic carbocycles. The van der Waals surface area contributed by atoms with Crippen molar-refractivity contribution in [1.29, 1.82) is 0 Å². The monoisotopic (exact) mass is 313 g/mol. The van der Waals surface area contributed by atoms with Crippen LogP contribution in [0.2, 0.25) is 0 Å². The third-order valence-electron chi connectivity index (χ3n) is 3.43. The zero-order chi connectivity index (χ0) is 12.8. The summed E-state index contributed by atoms with van der Waals surface area (Å²) in [5.74, 6) is 7.46. The molecule has 1 fully saturated rings. The summed E-state index contributed by atoms with van der Waals surface area (Å²) < 4.78 is 0.863. The molecule has 100 valence electrons. The van der Waals surface area contributed by atoms with E-state index in [1.54, 1.807) is 6.20 Å².